The number of hydrogen-bond donors (Lipinski definition) is 2. The molecule has 1 saturated heterocycles. The number of benzene rings is 1. The minimum absolute atomic E-state index is 0.00359. The number of aliphatic carboxylic acids is 1. The molecule has 8 heteroatoms. The Balaban J connectivity index is 2.49. The maximum absolute atomic E-state index is 12.8. The molecule has 0 aliphatic carbocycles. The van der Waals surface area contributed by atoms with Crippen LogP contribution in [0, 0.1) is 5.92 Å². The van der Waals surface area contributed by atoms with Crippen molar-refractivity contribution in [3.8, 4) is 5.75 Å². The molecule has 1 fully saturated rings. The van der Waals surface area contributed by atoms with E-state index in [0.717, 1.165) is 0 Å². The molecule has 1 aliphatic heterocycles. The maximum Gasteiger partial charge on any atom is 0.326 e. The molecule has 3 atom stereocenters. The average Bonchev–Trinajstić information content (AvgIpc) is 3.02. The molecular formula is C19H26N2O6. The standard InChI is InChI=1S/C19H26N2O6/c1-5-27-18(24)14-10-15(17(22)23)21(19(25)20-11(2)3)16(14)12-6-8-13(26-4)9-7-12/h6-9,11,14-16H,5,10H2,1-4H3,(H,20,25)(H,22,23). The van der Waals surface area contributed by atoms with Crippen molar-refractivity contribution in [2.45, 2.75) is 45.3 Å². The fourth-order valence-electron chi connectivity index (χ4n) is 3.35. The Labute approximate surface area is 158 Å². The lowest BCUT2D eigenvalue weighted by molar-refractivity contribution is -0.148. The van der Waals surface area contributed by atoms with Gasteiger partial charge in [-0.1, -0.05) is 12.1 Å². The van der Waals surface area contributed by atoms with Crippen LogP contribution in [-0.2, 0) is 14.3 Å². The summed E-state index contributed by atoms with van der Waals surface area (Å²) in [5.41, 5.74) is 0.650. The number of carbonyl (C=O) groups excluding carboxylic acids is 2. The Hall–Kier alpha value is -2.77. The molecule has 27 heavy (non-hydrogen) atoms. The fraction of sp³-hybridized carbons (Fsp3) is 0.526. The van der Waals surface area contributed by atoms with E-state index in [9.17, 15) is 19.5 Å². The molecule has 2 N–H and O–H groups in total. The second kappa shape index (κ2) is 8.75. The first-order chi connectivity index (χ1) is 12.8. The predicted molar refractivity (Wildman–Crippen MR) is 97.4 cm³/mol. The summed E-state index contributed by atoms with van der Waals surface area (Å²) >= 11 is 0. The van der Waals surface area contributed by atoms with Crippen LogP contribution in [0.2, 0.25) is 0 Å². The number of rotatable bonds is 6. The highest BCUT2D eigenvalue weighted by Gasteiger charge is 2.51. The molecule has 0 radical (unpaired) electrons. The van der Waals surface area contributed by atoms with Crippen LogP contribution in [0.5, 0.6) is 5.75 Å². The van der Waals surface area contributed by atoms with Gasteiger partial charge in [-0.05, 0) is 44.9 Å². The van der Waals surface area contributed by atoms with Gasteiger partial charge in [-0.25, -0.2) is 9.59 Å². The van der Waals surface area contributed by atoms with Crippen molar-refractivity contribution < 1.29 is 29.0 Å². The molecule has 0 saturated carbocycles. The first kappa shape index (κ1) is 20.5. The second-order valence-corrected chi connectivity index (χ2v) is 6.68. The zero-order chi connectivity index (χ0) is 20.1. The van der Waals surface area contributed by atoms with Crippen LogP contribution in [-0.4, -0.2) is 53.8 Å². The molecule has 1 aliphatic rings. The number of carbonyl (C=O) groups is 3. The molecule has 1 heterocycles. The number of methoxy groups -OCH3 is 1. The summed E-state index contributed by atoms with van der Waals surface area (Å²) < 4.78 is 10.3. The van der Waals surface area contributed by atoms with Gasteiger partial charge in [-0.2, -0.15) is 0 Å². The zero-order valence-electron chi connectivity index (χ0n) is 16.0. The lowest BCUT2D eigenvalue weighted by Crippen LogP contribution is -2.49. The molecule has 0 spiro atoms. The van der Waals surface area contributed by atoms with Crippen molar-refractivity contribution >= 4 is 18.0 Å². The third kappa shape index (κ3) is 4.50. The normalized spacial score (nSPS) is 21.8. The minimum Gasteiger partial charge on any atom is -0.497 e. The summed E-state index contributed by atoms with van der Waals surface area (Å²) in [5, 5.41) is 12.4. The van der Waals surface area contributed by atoms with E-state index in [0.29, 0.717) is 11.3 Å². The van der Waals surface area contributed by atoms with Crippen molar-refractivity contribution in [1.29, 1.82) is 0 Å². The summed E-state index contributed by atoms with van der Waals surface area (Å²) in [6.45, 7) is 5.44. The van der Waals surface area contributed by atoms with E-state index in [1.165, 1.54) is 12.0 Å². The summed E-state index contributed by atoms with van der Waals surface area (Å²) in [6.07, 6.45) is -0.00359. The topological polar surface area (TPSA) is 105 Å². The molecule has 0 bridgehead atoms. The van der Waals surface area contributed by atoms with E-state index in [1.54, 1.807) is 45.0 Å². The van der Waals surface area contributed by atoms with Gasteiger partial charge in [0.25, 0.3) is 0 Å². The van der Waals surface area contributed by atoms with Crippen LogP contribution >= 0.6 is 0 Å². The summed E-state index contributed by atoms with van der Waals surface area (Å²) in [5.74, 6) is -1.81. The van der Waals surface area contributed by atoms with Crippen LogP contribution in [0.3, 0.4) is 0 Å². The van der Waals surface area contributed by atoms with Crippen LogP contribution in [0.4, 0.5) is 4.79 Å². The number of carboxylic acid groups (broad SMARTS) is 1. The van der Waals surface area contributed by atoms with Crippen LogP contribution in [0.25, 0.3) is 0 Å². The van der Waals surface area contributed by atoms with Crippen molar-refractivity contribution in [2.24, 2.45) is 5.92 Å². The van der Waals surface area contributed by atoms with Crippen LogP contribution in [0.15, 0.2) is 24.3 Å². The second-order valence-electron chi connectivity index (χ2n) is 6.68. The van der Waals surface area contributed by atoms with Gasteiger partial charge < -0.3 is 24.8 Å². The highest BCUT2D eigenvalue weighted by atomic mass is 16.5. The fourth-order valence-corrected chi connectivity index (χ4v) is 3.35. The minimum atomic E-state index is -1.15. The smallest absolute Gasteiger partial charge is 0.326 e. The SMILES string of the molecule is CCOC(=O)C1CC(C(=O)O)N(C(=O)NC(C)C)C1c1ccc(OC)cc1. The van der Waals surface area contributed by atoms with Gasteiger partial charge in [0.2, 0.25) is 0 Å². The van der Waals surface area contributed by atoms with Crippen molar-refractivity contribution in [3.63, 3.8) is 0 Å². The molecule has 2 rings (SSSR count). The summed E-state index contributed by atoms with van der Waals surface area (Å²) in [4.78, 5) is 38.3. The Kier molecular flexibility index (Phi) is 6.65. The predicted octanol–water partition coefficient (Wildman–Crippen LogP) is 2.19. The van der Waals surface area contributed by atoms with E-state index in [4.69, 9.17) is 9.47 Å². The Bertz CT molecular complexity index is 688. The number of likely N-dealkylation sites (tertiary alicyclic amines) is 1. The Morgan fingerprint density at radius 1 is 1.26 bits per heavy atom. The number of urea groups is 1. The lowest BCUT2D eigenvalue weighted by atomic mass is 9.93. The van der Waals surface area contributed by atoms with Gasteiger partial charge in [0.15, 0.2) is 0 Å². The number of ether oxygens (including phenoxy) is 2. The Morgan fingerprint density at radius 2 is 1.89 bits per heavy atom. The number of esters is 1. The highest BCUT2D eigenvalue weighted by Crippen LogP contribution is 2.42. The third-order valence-corrected chi connectivity index (χ3v) is 4.47. The van der Waals surface area contributed by atoms with Gasteiger partial charge in [-0.15, -0.1) is 0 Å². The molecule has 0 aromatic heterocycles. The van der Waals surface area contributed by atoms with E-state index < -0.39 is 36.0 Å². The number of amides is 2. The van der Waals surface area contributed by atoms with E-state index in [-0.39, 0.29) is 19.1 Å². The number of nitrogens with zero attached hydrogens (tertiary/aromatic N) is 1. The van der Waals surface area contributed by atoms with Gasteiger partial charge >= 0.3 is 18.0 Å². The van der Waals surface area contributed by atoms with Gasteiger partial charge in [0.1, 0.15) is 11.8 Å². The zero-order valence-corrected chi connectivity index (χ0v) is 16.0. The van der Waals surface area contributed by atoms with Crippen LogP contribution in [0.1, 0.15) is 38.8 Å². The quantitative estimate of drug-likeness (QED) is 0.735. The number of nitrogens with one attached hydrogen (secondary N) is 1. The van der Waals surface area contributed by atoms with Crippen molar-refractivity contribution in [1.82, 2.24) is 10.2 Å². The average molecular weight is 378 g/mol. The molecular weight excluding hydrogens is 352 g/mol. The monoisotopic (exact) mass is 378 g/mol. The molecule has 1 aromatic rings. The highest BCUT2D eigenvalue weighted by molar-refractivity contribution is 5.87. The number of carboxylic acids is 1. The Morgan fingerprint density at radius 3 is 2.37 bits per heavy atom. The molecule has 148 valence electrons. The molecule has 1 aromatic carbocycles. The first-order valence-corrected chi connectivity index (χ1v) is 8.92. The largest absolute Gasteiger partial charge is 0.497 e. The van der Waals surface area contributed by atoms with Gasteiger partial charge in [0.05, 0.1) is 25.7 Å². The van der Waals surface area contributed by atoms with E-state index in [1.807, 2.05) is 0 Å². The van der Waals surface area contributed by atoms with E-state index >= 15 is 0 Å². The maximum atomic E-state index is 12.8. The molecule has 3 unspecified atom stereocenters. The van der Waals surface area contributed by atoms with Crippen molar-refractivity contribution in [3.05, 3.63) is 29.8 Å². The third-order valence-electron chi connectivity index (χ3n) is 4.47. The van der Waals surface area contributed by atoms with Crippen molar-refractivity contribution in [2.75, 3.05) is 13.7 Å². The van der Waals surface area contributed by atoms with Gasteiger partial charge in [0, 0.05) is 6.04 Å². The molecule has 8 nitrogen and oxygen atoms in total. The first-order valence-electron chi connectivity index (χ1n) is 8.92. The number of hydrogen-bond acceptors (Lipinski definition) is 5. The summed E-state index contributed by atoms with van der Waals surface area (Å²) in [6, 6.07) is 4.33. The summed E-state index contributed by atoms with van der Waals surface area (Å²) in [7, 11) is 1.54. The van der Waals surface area contributed by atoms with Gasteiger partial charge in [-0.3, -0.25) is 4.79 Å². The lowest BCUT2D eigenvalue weighted by Gasteiger charge is -2.31. The van der Waals surface area contributed by atoms with E-state index in [2.05, 4.69) is 5.32 Å². The molecule has 2 amide bonds. The van der Waals surface area contributed by atoms with Crippen LogP contribution < -0.4 is 10.1 Å².